The summed E-state index contributed by atoms with van der Waals surface area (Å²) >= 11 is 0. The third kappa shape index (κ3) is 22.6. The summed E-state index contributed by atoms with van der Waals surface area (Å²) in [6.07, 6.45) is 27.1. The van der Waals surface area contributed by atoms with Crippen molar-refractivity contribution in [3.05, 3.63) is 233 Å². The van der Waals surface area contributed by atoms with Gasteiger partial charge >= 0.3 is 0 Å². The molecule has 16 heteroatoms. The lowest BCUT2D eigenvalue weighted by atomic mass is 9.72. The van der Waals surface area contributed by atoms with Crippen LogP contribution >= 0.6 is 0 Å². The number of hydrogen-bond acceptors (Lipinski definition) is 16. The molecule has 7 aliphatic heterocycles. The zero-order valence-electron chi connectivity index (χ0n) is 92.9. The van der Waals surface area contributed by atoms with Gasteiger partial charge in [0.1, 0.15) is 5.75 Å². The zero-order chi connectivity index (χ0) is 102. The summed E-state index contributed by atoms with van der Waals surface area (Å²) in [5, 5.41) is 0. The molecule has 7 aromatic rings. The lowest BCUT2D eigenvalue weighted by Crippen LogP contribution is -2.51. The first kappa shape index (κ1) is 108. The largest absolute Gasteiger partial charge is 0.495 e. The molecule has 21 rings (SSSR count). The Morgan fingerprint density at radius 1 is 0.236 bits per heavy atom. The monoisotopic (exact) mass is 1910 g/mol. The second kappa shape index (κ2) is 40.7. The van der Waals surface area contributed by atoms with E-state index in [2.05, 4.69) is 341 Å². The van der Waals surface area contributed by atoms with Gasteiger partial charge in [-0.05, 0) is 523 Å². The number of aryl methyl sites for hydroxylation is 5. The van der Waals surface area contributed by atoms with Gasteiger partial charge in [0.05, 0.1) is 13.3 Å². The molecule has 7 saturated heterocycles. The van der Waals surface area contributed by atoms with Crippen LogP contribution in [-0.4, -0.2) is 177 Å². The van der Waals surface area contributed by atoms with Crippen molar-refractivity contribution in [1.82, 2.24) is 39.3 Å². The van der Waals surface area contributed by atoms with Gasteiger partial charge in [0.25, 0.3) is 0 Å². The second-order valence-electron chi connectivity index (χ2n) is 54.3. The highest BCUT2D eigenvalue weighted by molar-refractivity contribution is 5.47. The number of likely N-dealkylation sites (tertiary alicyclic amines) is 7. The number of fused-ring (bicyclic) bond motifs is 7. The van der Waals surface area contributed by atoms with E-state index in [0.717, 1.165) is 38.1 Å². The predicted octanol–water partition coefficient (Wildman–Crippen LogP) is 22.8. The number of pyridine rings is 1. The highest BCUT2D eigenvalue weighted by atomic mass is 16.5. The van der Waals surface area contributed by atoms with E-state index in [1.807, 2.05) is 6.20 Å². The van der Waals surface area contributed by atoms with E-state index in [-0.39, 0.29) is 86.5 Å². The van der Waals surface area contributed by atoms with Crippen LogP contribution < -0.4 is 44.9 Å². The maximum atomic E-state index is 6.66. The van der Waals surface area contributed by atoms with Crippen molar-refractivity contribution in [2.45, 2.75) is 396 Å². The number of aromatic nitrogens is 1. The van der Waals surface area contributed by atoms with Gasteiger partial charge in [-0.2, -0.15) is 0 Å². The summed E-state index contributed by atoms with van der Waals surface area (Å²) in [4.78, 5) is 22.8. The summed E-state index contributed by atoms with van der Waals surface area (Å²) in [6.45, 7) is 75.9. The van der Waals surface area contributed by atoms with E-state index in [9.17, 15) is 0 Å². The number of rotatable bonds is 1. The van der Waals surface area contributed by atoms with Crippen molar-refractivity contribution < 1.29 is 4.74 Å². The standard InChI is InChI=1S/5C18H28N2.C17H27N3O.C17H26N2/c4*1-13-5-6-15-14(11-13)12-18(16(15)19)7-9-20(10-8-18)17(2,3)4;1-13-5-6-14-12-18(16(19)15(14)11-13)7-9-20(10-8-18)17(2,3)4;1-16(2,3)20-7-5-17(6-8-20)10-14-13(15(17)18)9-12(21-4)11-19-14;1-16(2,3)19-10-8-17(9-11-19)12-13-6-4-5-7-14(13)15(17)18/h5*5-6,11,16H,7-10,12,19H2,1-4H3;9,11,15H,5-8,10,18H2,1-4H3;4-7,15H,8-12,18H2,1-3H3/t5*16-;2*15-/m1100100/s1. The number of nitrogens with zero attached hydrogens (tertiary/aromatic N) is 8. The van der Waals surface area contributed by atoms with Crippen LogP contribution in [0.3, 0.4) is 0 Å². The van der Waals surface area contributed by atoms with Crippen LogP contribution in [0.5, 0.6) is 5.75 Å². The lowest BCUT2D eigenvalue weighted by Gasteiger charge is -2.47. The quantitative estimate of drug-likeness (QED) is 0.0811. The maximum absolute atomic E-state index is 6.66. The Kier molecular flexibility index (Phi) is 31.4. The van der Waals surface area contributed by atoms with E-state index in [0.29, 0.717) is 32.5 Å². The van der Waals surface area contributed by atoms with Crippen molar-refractivity contribution in [3.63, 3.8) is 0 Å². The van der Waals surface area contributed by atoms with Gasteiger partial charge < -0.3 is 44.9 Å². The SMILES string of the molecule is CC(C)(C)N1CCC2(CC1)Cc1ccccc1[C@@H]2N.COc1cnc2c(c1)[C@H](N)C1(CCN(C(C)(C)C)CC1)C2.Cc1ccc2c(c1)CC1(CCN(C(C)(C)C)CC1)[C@@H]2N.Cc1ccc2c(c1)CC1(CCN(C(C)(C)C)CC1)[C@@H]2N.Cc1ccc2c(c1)CC1(CCN(C(C)(C)C)CC1)[C@H]2N.Cc1ccc2c(c1)CC1(CCN(C(C)(C)C)CC1)[C@H]2N.Cc1ccc2c(c1)[C@@H](N)C1(CCN(C(C)(C)C)CC1)C2. The smallest absolute Gasteiger partial charge is 0.137 e. The van der Waals surface area contributed by atoms with Gasteiger partial charge in [0.15, 0.2) is 0 Å². The predicted molar refractivity (Wildman–Crippen MR) is 589 cm³/mol. The molecule has 0 radical (unpaired) electrons. The van der Waals surface area contributed by atoms with E-state index in [4.69, 9.17) is 44.9 Å². The van der Waals surface area contributed by atoms with Crippen LogP contribution in [0.2, 0.25) is 0 Å². The number of benzene rings is 6. The van der Waals surface area contributed by atoms with Crippen LogP contribution in [0.1, 0.15) is 383 Å². The zero-order valence-corrected chi connectivity index (χ0v) is 92.9. The summed E-state index contributed by atoms with van der Waals surface area (Å²) in [5.74, 6) is 0.813. The molecule has 7 spiro atoms. The summed E-state index contributed by atoms with van der Waals surface area (Å²) in [5.41, 5.74) is 77.1. The first-order valence-electron chi connectivity index (χ1n) is 55.0. The third-order valence-electron chi connectivity index (χ3n) is 38.5. The fourth-order valence-electron chi connectivity index (χ4n) is 28.4. The van der Waals surface area contributed by atoms with E-state index >= 15 is 0 Å². The molecule has 14 aliphatic rings. The highest BCUT2D eigenvalue weighted by Gasteiger charge is 2.55. The fraction of sp³-hybridized carbons (Fsp3) is 0.669. The average Bonchev–Trinajstić information content (AvgIpc) is 1.63. The minimum Gasteiger partial charge on any atom is -0.495 e. The van der Waals surface area contributed by atoms with Crippen molar-refractivity contribution in [3.8, 4) is 5.75 Å². The van der Waals surface area contributed by atoms with Crippen molar-refractivity contribution in [2.24, 2.45) is 78.0 Å². The summed E-state index contributed by atoms with van der Waals surface area (Å²) < 4.78 is 5.30. The molecular formula is C124H193N15O. The molecule has 16 nitrogen and oxygen atoms in total. The van der Waals surface area contributed by atoms with Gasteiger partial charge in [-0.3, -0.25) is 39.3 Å². The molecule has 7 atom stereocenters. The van der Waals surface area contributed by atoms with Crippen LogP contribution in [0.15, 0.2) is 128 Å². The van der Waals surface area contributed by atoms with Gasteiger partial charge in [0.2, 0.25) is 0 Å². The summed E-state index contributed by atoms with van der Waals surface area (Å²) in [6, 6.07) is 46.5. The molecule has 140 heavy (non-hydrogen) atoms. The van der Waals surface area contributed by atoms with Gasteiger partial charge in [-0.15, -0.1) is 0 Å². The molecule has 8 heterocycles. The Morgan fingerprint density at radius 2 is 0.436 bits per heavy atom. The Labute approximate surface area is 850 Å². The normalized spacial score (nSPS) is 25.9. The Balaban J connectivity index is 0.000000124. The molecule has 0 bridgehead atoms. The third-order valence-corrected chi connectivity index (χ3v) is 38.5. The van der Waals surface area contributed by atoms with Crippen molar-refractivity contribution in [1.29, 1.82) is 0 Å². The Morgan fingerprint density at radius 3 is 0.679 bits per heavy atom. The molecule has 1 aromatic heterocycles. The Hall–Kier alpha value is -6.29. The number of ether oxygens (including phenoxy) is 1. The topological polar surface area (TPSA) is 227 Å². The Bertz CT molecular complexity index is 4950. The molecule has 7 fully saturated rings. The fourth-order valence-corrected chi connectivity index (χ4v) is 28.4. The van der Waals surface area contributed by atoms with E-state index in [1.54, 1.807) is 7.11 Å². The summed E-state index contributed by atoms with van der Waals surface area (Å²) in [7, 11) is 1.68. The molecule has 14 N–H and O–H groups in total. The van der Waals surface area contributed by atoms with Crippen LogP contribution in [-0.2, 0) is 44.9 Å². The number of nitrogens with two attached hydrogens (primary N) is 7. The molecule has 0 saturated carbocycles. The minimum absolute atomic E-state index is 0.0946. The second-order valence-corrected chi connectivity index (χ2v) is 54.3. The van der Waals surface area contributed by atoms with Crippen LogP contribution in [0.4, 0.5) is 0 Å². The number of methoxy groups -OCH3 is 1. The molecule has 770 valence electrons. The lowest BCUT2D eigenvalue weighted by molar-refractivity contribution is 0.0342. The first-order chi connectivity index (χ1) is 65.4. The van der Waals surface area contributed by atoms with Gasteiger partial charge in [0, 0.05) is 86.8 Å². The number of piperidine rings is 7. The van der Waals surface area contributed by atoms with Crippen LogP contribution in [0.25, 0.3) is 0 Å². The minimum atomic E-state index is 0.0946. The molecule has 0 unspecified atom stereocenters. The maximum Gasteiger partial charge on any atom is 0.137 e. The van der Waals surface area contributed by atoms with Gasteiger partial charge in [-0.1, -0.05) is 143 Å². The van der Waals surface area contributed by atoms with Crippen molar-refractivity contribution in [2.75, 3.05) is 98.7 Å². The average molecular weight is 1910 g/mol. The molecule has 7 aliphatic carbocycles. The number of hydrogen-bond donors (Lipinski definition) is 7. The molecule has 6 aromatic carbocycles. The first-order valence-corrected chi connectivity index (χ1v) is 55.0. The molecule has 0 amide bonds. The van der Waals surface area contributed by atoms with Crippen LogP contribution in [0, 0.1) is 72.5 Å². The highest BCUT2D eigenvalue weighted by Crippen LogP contribution is 2.59. The molecular weight excluding hydrogens is 1720 g/mol. The van der Waals surface area contributed by atoms with E-state index in [1.165, 1.54) is 300 Å². The van der Waals surface area contributed by atoms with Gasteiger partial charge in [-0.25, -0.2) is 0 Å². The van der Waals surface area contributed by atoms with E-state index < -0.39 is 0 Å². The van der Waals surface area contributed by atoms with Crippen molar-refractivity contribution >= 4 is 0 Å².